The van der Waals surface area contributed by atoms with E-state index in [1.807, 2.05) is 47.4 Å². The van der Waals surface area contributed by atoms with Crippen LogP contribution in [0.25, 0.3) is 11.1 Å². The van der Waals surface area contributed by atoms with Crippen molar-refractivity contribution in [1.29, 1.82) is 0 Å². The Balaban J connectivity index is 1.45. The molecule has 5 nitrogen and oxygen atoms in total. The van der Waals surface area contributed by atoms with E-state index in [2.05, 4.69) is 5.32 Å². The highest BCUT2D eigenvalue weighted by molar-refractivity contribution is 5.95. The first-order chi connectivity index (χ1) is 13.7. The number of likely N-dealkylation sites (tertiary alicyclic amines) is 1. The van der Waals surface area contributed by atoms with Gasteiger partial charge in [0.1, 0.15) is 0 Å². The number of nitrogens with zero attached hydrogens (tertiary/aromatic N) is 1. The lowest BCUT2D eigenvalue weighted by atomic mass is 9.98. The van der Waals surface area contributed by atoms with Crippen molar-refractivity contribution in [2.45, 2.75) is 38.3 Å². The van der Waals surface area contributed by atoms with Crippen molar-refractivity contribution >= 4 is 11.8 Å². The highest BCUT2D eigenvalue weighted by Gasteiger charge is 2.35. The zero-order chi connectivity index (χ0) is 19.5. The van der Waals surface area contributed by atoms with E-state index in [0.29, 0.717) is 12.1 Å². The number of rotatable bonds is 5. The third-order valence-corrected chi connectivity index (χ3v) is 5.62. The van der Waals surface area contributed by atoms with Crippen LogP contribution in [0.5, 0.6) is 0 Å². The molecule has 0 radical (unpaired) electrons. The fourth-order valence-corrected chi connectivity index (χ4v) is 3.92. The van der Waals surface area contributed by atoms with E-state index >= 15 is 0 Å². The maximum atomic E-state index is 12.8. The molecule has 0 bridgehead atoms. The second-order valence-electron chi connectivity index (χ2n) is 7.77. The minimum atomic E-state index is -0.117. The summed E-state index contributed by atoms with van der Waals surface area (Å²) in [6, 6.07) is 15.1. The van der Waals surface area contributed by atoms with Gasteiger partial charge in [0.25, 0.3) is 5.91 Å². The highest BCUT2D eigenvalue weighted by Crippen LogP contribution is 2.32. The van der Waals surface area contributed by atoms with Crippen LogP contribution in [0.2, 0.25) is 0 Å². The zero-order valence-corrected chi connectivity index (χ0v) is 15.9. The molecule has 2 N–H and O–H groups in total. The van der Waals surface area contributed by atoms with Crippen LogP contribution in [0.4, 0.5) is 0 Å². The van der Waals surface area contributed by atoms with Gasteiger partial charge in [0.2, 0.25) is 5.91 Å². The Labute approximate surface area is 165 Å². The van der Waals surface area contributed by atoms with Crippen LogP contribution in [0, 0.1) is 5.92 Å². The van der Waals surface area contributed by atoms with Gasteiger partial charge in [-0.2, -0.15) is 0 Å². The number of benzene rings is 2. The van der Waals surface area contributed by atoms with Crippen molar-refractivity contribution in [2.24, 2.45) is 5.92 Å². The SMILES string of the molecule is O=C(N[C@@H]1CCCN(C(=O)C2CC2)C1)c1cccc(-c2ccccc2CO)c1. The predicted molar refractivity (Wildman–Crippen MR) is 108 cm³/mol. The summed E-state index contributed by atoms with van der Waals surface area (Å²) < 4.78 is 0. The number of aliphatic hydroxyl groups is 1. The van der Waals surface area contributed by atoms with E-state index in [-0.39, 0.29) is 30.4 Å². The van der Waals surface area contributed by atoms with Crippen molar-refractivity contribution < 1.29 is 14.7 Å². The van der Waals surface area contributed by atoms with Gasteiger partial charge in [-0.15, -0.1) is 0 Å². The van der Waals surface area contributed by atoms with Gasteiger partial charge in [0.15, 0.2) is 0 Å². The number of carbonyl (C=O) groups is 2. The number of hydrogen-bond donors (Lipinski definition) is 2. The molecular weight excluding hydrogens is 352 g/mol. The van der Waals surface area contributed by atoms with E-state index in [0.717, 1.165) is 48.9 Å². The molecule has 2 amide bonds. The Morgan fingerprint density at radius 2 is 1.89 bits per heavy atom. The van der Waals surface area contributed by atoms with Gasteiger partial charge >= 0.3 is 0 Å². The monoisotopic (exact) mass is 378 g/mol. The molecule has 1 saturated heterocycles. The quantitative estimate of drug-likeness (QED) is 0.840. The van der Waals surface area contributed by atoms with E-state index in [9.17, 15) is 14.7 Å². The molecule has 28 heavy (non-hydrogen) atoms. The van der Waals surface area contributed by atoms with Crippen molar-refractivity contribution in [3.63, 3.8) is 0 Å². The number of aliphatic hydroxyl groups excluding tert-OH is 1. The van der Waals surface area contributed by atoms with Gasteiger partial charge < -0.3 is 15.3 Å². The van der Waals surface area contributed by atoms with Crippen LogP contribution in [0.1, 0.15) is 41.6 Å². The molecule has 1 atom stereocenters. The van der Waals surface area contributed by atoms with Gasteiger partial charge in [-0.25, -0.2) is 0 Å². The molecule has 2 aliphatic rings. The van der Waals surface area contributed by atoms with Crippen LogP contribution < -0.4 is 5.32 Å². The summed E-state index contributed by atoms with van der Waals surface area (Å²) >= 11 is 0. The van der Waals surface area contributed by atoms with Gasteiger partial charge in [0.05, 0.1) is 6.61 Å². The lowest BCUT2D eigenvalue weighted by Crippen LogP contribution is -2.50. The molecule has 2 aromatic rings. The lowest BCUT2D eigenvalue weighted by molar-refractivity contribution is -0.133. The highest BCUT2D eigenvalue weighted by atomic mass is 16.3. The minimum Gasteiger partial charge on any atom is -0.392 e. The summed E-state index contributed by atoms with van der Waals surface area (Å²) in [5.41, 5.74) is 3.27. The van der Waals surface area contributed by atoms with E-state index in [1.54, 1.807) is 6.07 Å². The van der Waals surface area contributed by atoms with Crippen LogP contribution in [-0.2, 0) is 11.4 Å². The van der Waals surface area contributed by atoms with E-state index in [4.69, 9.17) is 0 Å². The van der Waals surface area contributed by atoms with Gasteiger partial charge in [0, 0.05) is 30.6 Å². The van der Waals surface area contributed by atoms with Crippen molar-refractivity contribution in [1.82, 2.24) is 10.2 Å². The zero-order valence-electron chi connectivity index (χ0n) is 15.9. The second-order valence-corrected chi connectivity index (χ2v) is 7.77. The van der Waals surface area contributed by atoms with Crippen molar-refractivity contribution in [3.8, 4) is 11.1 Å². The Morgan fingerprint density at radius 1 is 1.07 bits per heavy atom. The molecule has 1 aliphatic heterocycles. The van der Waals surface area contributed by atoms with Crippen LogP contribution in [0.3, 0.4) is 0 Å². The minimum absolute atomic E-state index is 0.00247. The molecule has 4 rings (SSSR count). The summed E-state index contributed by atoms with van der Waals surface area (Å²) in [7, 11) is 0. The van der Waals surface area contributed by atoms with Crippen molar-refractivity contribution in [3.05, 3.63) is 59.7 Å². The van der Waals surface area contributed by atoms with Crippen molar-refractivity contribution in [2.75, 3.05) is 13.1 Å². The molecule has 0 spiro atoms. The molecule has 2 fully saturated rings. The first kappa shape index (κ1) is 18.7. The smallest absolute Gasteiger partial charge is 0.251 e. The number of piperidine rings is 1. The second kappa shape index (κ2) is 8.15. The number of amides is 2. The van der Waals surface area contributed by atoms with Gasteiger partial charge in [-0.05, 0) is 54.5 Å². The third kappa shape index (κ3) is 4.09. The molecule has 1 aliphatic carbocycles. The molecular formula is C23H26N2O3. The summed E-state index contributed by atoms with van der Waals surface area (Å²) in [6.45, 7) is 1.36. The van der Waals surface area contributed by atoms with Crippen LogP contribution in [0.15, 0.2) is 48.5 Å². The molecule has 0 unspecified atom stereocenters. The molecule has 2 aromatic carbocycles. The fourth-order valence-electron chi connectivity index (χ4n) is 3.92. The molecule has 146 valence electrons. The maximum absolute atomic E-state index is 12.8. The van der Waals surface area contributed by atoms with Crippen LogP contribution >= 0.6 is 0 Å². The Morgan fingerprint density at radius 3 is 2.68 bits per heavy atom. The third-order valence-electron chi connectivity index (χ3n) is 5.62. The summed E-state index contributed by atoms with van der Waals surface area (Å²) in [5.74, 6) is 0.355. The number of hydrogen-bond acceptors (Lipinski definition) is 3. The fraction of sp³-hybridized carbons (Fsp3) is 0.391. The predicted octanol–water partition coefficient (Wildman–Crippen LogP) is 2.98. The van der Waals surface area contributed by atoms with E-state index in [1.165, 1.54) is 0 Å². The number of carbonyl (C=O) groups excluding carboxylic acids is 2. The first-order valence-electron chi connectivity index (χ1n) is 10.0. The van der Waals surface area contributed by atoms with Crippen LogP contribution in [-0.4, -0.2) is 41.0 Å². The summed E-state index contributed by atoms with van der Waals surface area (Å²) in [4.78, 5) is 27.0. The molecule has 5 heteroatoms. The Hall–Kier alpha value is -2.66. The summed E-state index contributed by atoms with van der Waals surface area (Å²) in [5, 5.41) is 12.7. The summed E-state index contributed by atoms with van der Waals surface area (Å²) in [6.07, 6.45) is 3.84. The molecule has 0 aromatic heterocycles. The maximum Gasteiger partial charge on any atom is 0.251 e. The normalized spacial score (nSPS) is 19.3. The first-order valence-corrected chi connectivity index (χ1v) is 10.0. The Bertz CT molecular complexity index is 876. The molecule has 1 heterocycles. The standard InChI is InChI=1S/C23H26N2O3/c26-15-19-5-1-2-9-21(19)17-6-3-7-18(13-17)22(27)24-20-8-4-12-25(14-20)23(28)16-10-11-16/h1-3,5-7,9,13,16,20,26H,4,8,10-12,14-15H2,(H,24,27)/t20-/m1/s1. The van der Waals surface area contributed by atoms with E-state index < -0.39 is 0 Å². The lowest BCUT2D eigenvalue weighted by Gasteiger charge is -2.33. The molecule has 1 saturated carbocycles. The van der Waals surface area contributed by atoms with Gasteiger partial charge in [-0.1, -0.05) is 36.4 Å². The largest absolute Gasteiger partial charge is 0.392 e. The topological polar surface area (TPSA) is 69.6 Å². The average molecular weight is 378 g/mol. The van der Waals surface area contributed by atoms with Gasteiger partial charge in [-0.3, -0.25) is 9.59 Å². The Kier molecular flexibility index (Phi) is 5.44. The average Bonchev–Trinajstić information content (AvgIpc) is 3.59. The number of nitrogens with one attached hydrogen (secondary N) is 1.